The fourth-order valence-electron chi connectivity index (χ4n) is 1.70. The zero-order chi connectivity index (χ0) is 10.0. The topological polar surface area (TPSA) is 20.2 Å². The fraction of sp³-hybridized carbons (Fsp3) is 0.500. The van der Waals surface area contributed by atoms with E-state index in [1.165, 1.54) is 5.56 Å². The molecule has 0 atom stereocenters. The maximum atomic E-state index is 9.71. The predicted octanol–water partition coefficient (Wildman–Crippen LogP) is 2.99. The van der Waals surface area contributed by atoms with Crippen LogP contribution in [-0.2, 0) is 0 Å². The van der Waals surface area contributed by atoms with E-state index in [2.05, 4.69) is 33.8 Å². The molecule has 0 aliphatic heterocycles. The van der Waals surface area contributed by atoms with Crippen molar-refractivity contribution in [2.24, 2.45) is 0 Å². The summed E-state index contributed by atoms with van der Waals surface area (Å²) in [6, 6.07) is 5.78. The minimum absolute atomic E-state index is 0. The quantitative estimate of drug-likeness (QED) is 0.731. The average Bonchev–Trinajstić information content (AvgIpc) is 2.02. The molecular weight excluding hydrogens is 183 g/mol. The van der Waals surface area contributed by atoms with Crippen LogP contribution in [0.1, 0.15) is 50.7 Å². The SMILES string of the molecule is CC(C)c1cccc(O)c1C(C)C.[NaH]. The third-order valence-corrected chi connectivity index (χ3v) is 2.32. The Kier molecular flexibility index (Phi) is 5.80. The van der Waals surface area contributed by atoms with Crippen molar-refractivity contribution in [2.75, 3.05) is 0 Å². The first-order chi connectivity index (χ1) is 6.04. The van der Waals surface area contributed by atoms with Crippen molar-refractivity contribution < 1.29 is 5.11 Å². The molecule has 0 bridgehead atoms. The van der Waals surface area contributed by atoms with E-state index in [-0.39, 0.29) is 29.6 Å². The Hall–Kier alpha value is 0.0200. The van der Waals surface area contributed by atoms with Gasteiger partial charge in [0.1, 0.15) is 5.75 Å². The Labute approximate surface area is 109 Å². The van der Waals surface area contributed by atoms with Crippen LogP contribution in [0.4, 0.5) is 0 Å². The van der Waals surface area contributed by atoms with Crippen LogP contribution in [0.15, 0.2) is 18.2 Å². The summed E-state index contributed by atoms with van der Waals surface area (Å²) in [6.07, 6.45) is 0. The van der Waals surface area contributed by atoms with Gasteiger partial charge >= 0.3 is 29.6 Å². The van der Waals surface area contributed by atoms with Gasteiger partial charge in [0.05, 0.1) is 0 Å². The minimum atomic E-state index is 0. The normalized spacial score (nSPS) is 10.4. The summed E-state index contributed by atoms with van der Waals surface area (Å²) in [5.74, 6) is 1.30. The summed E-state index contributed by atoms with van der Waals surface area (Å²) in [5, 5.41) is 9.71. The summed E-state index contributed by atoms with van der Waals surface area (Å²) < 4.78 is 0. The van der Waals surface area contributed by atoms with Gasteiger partial charge in [0.2, 0.25) is 0 Å². The number of benzene rings is 1. The average molecular weight is 202 g/mol. The van der Waals surface area contributed by atoms with E-state index in [9.17, 15) is 5.11 Å². The van der Waals surface area contributed by atoms with Crippen molar-refractivity contribution in [1.29, 1.82) is 0 Å². The van der Waals surface area contributed by atoms with Crippen LogP contribution in [0, 0.1) is 0 Å². The molecule has 2 heteroatoms. The number of hydrogen-bond acceptors (Lipinski definition) is 1. The number of aromatic hydroxyl groups is 1. The molecule has 0 aromatic heterocycles. The van der Waals surface area contributed by atoms with Crippen molar-refractivity contribution >= 4 is 29.6 Å². The predicted molar refractivity (Wildman–Crippen MR) is 63.4 cm³/mol. The Bertz CT molecular complexity index is 292. The molecular formula is C12H19NaO. The third-order valence-electron chi connectivity index (χ3n) is 2.32. The van der Waals surface area contributed by atoms with Crippen molar-refractivity contribution in [1.82, 2.24) is 0 Å². The third kappa shape index (κ3) is 3.01. The van der Waals surface area contributed by atoms with Gasteiger partial charge < -0.3 is 5.11 Å². The van der Waals surface area contributed by atoms with Gasteiger partial charge in [-0.15, -0.1) is 0 Å². The van der Waals surface area contributed by atoms with Crippen LogP contribution >= 0.6 is 0 Å². The van der Waals surface area contributed by atoms with E-state index in [1.54, 1.807) is 6.07 Å². The van der Waals surface area contributed by atoms with Gasteiger partial charge in [-0.25, -0.2) is 0 Å². The zero-order valence-electron chi connectivity index (χ0n) is 8.83. The van der Waals surface area contributed by atoms with E-state index in [4.69, 9.17) is 0 Å². The molecule has 1 aromatic rings. The Morgan fingerprint density at radius 1 is 1.00 bits per heavy atom. The van der Waals surface area contributed by atoms with Crippen molar-refractivity contribution in [3.05, 3.63) is 29.3 Å². The molecule has 0 saturated carbocycles. The molecule has 1 N–H and O–H groups in total. The second-order valence-electron chi connectivity index (χ2n) is 4.09. The maximum absolute atomic E-state index is 9.71. The van der Waals surface area contributed by atoms with Gasteiger partial charge in [0.25, 0.3) is 0 Å². The van der Waals surface area contributed by atoms with E-state index >= 15 is 0 Å². The Balaban J connectivity index is 0.00000169. The fourth-order valence-corrected chi connectivity index (χ4v) is 1.70. The van der Waals surface area contributed by atoms with Gasteiger partial charge in [-0.2, -0.15) is 0 Å². The molecule has 0 fully saturated rings. The first kappa shape index (κ1) is 14.0. The molecule has 0 unspecified atom stereocenters. The van der Waals surface area contributed by atoms with Crippen LogP contribution < -0.4 is 0 Å². The number of rotatable bonds is 2. The first-order valence-corrected chi connectivity index (χ1v) is 4.85. The Morgan fingerprint density at radius 3 is 1.93 bits per heavy atom. The van der Waals surface area contributed by atoms with E-state index in [1.807, 2.05) is 6.07 Å². The van der Waals surface area contributed by atoms with Gasteiger partial charge in [-0.05, 0) is 29.0 Å². The molecule has 0 aliphatic carbocycles. The molecule has 0 saturated heterocycles. The van der Waals surface area contributed by atoms with E-state index in [0.717, 1.165) is 5.56 Å². The molecule has 1 aromatic carbocycles. The second kappa shape index (κ2) is 5.79. The van der Waals surface area contributed by atoms with Crippen molar-refractivity contribution in [2.45, 2.75) is 39.5 Å². The molecule has 0 radical (unpaired) electrons. The van der Waals surface area contributed by atoms with Crippen LogP contribution in [0.3, 0.4) is 0 Å². The molecule has 1 nitrogen and oxygen atoms in total. The van der Waals surface area contributed by atoms with Gasteiger partial charge in [0, 0.05) is 0 Å². The van der Waals surface area contributed by atoms with Crippen LogP contribution in [0.2, 0.25) is 0 Å². The van der Waals surface area contributed by atoms with Crippen LogP contribution in [0.25, 0.3) is 0 Å². The van der Waals surface area contributed by atoms with Gasteiger partial charge in [-0.3, -0.25) is 0 Å². The second-order valence-corrected chi connectivity index (χ2v) is 4.09. The summed E-state index contributed by atoms with van der Waals surface area (Å²) in [7, 11) is 0. The van der Waals surface area contributed by atoms with Gasteiger partial charge in [-0.1, -0.05) is 39.8 Å². The van der Waals surface area contributed by atoms with Crippen LogP contribution in [0.5, 0.6) is 5.75 Å². The monoisotopic (exact) mass is 202 g/mol. The molecule has 1 rings (SSSR count). The molecule has 0 amide bonds. The summed E-state index contributed by atoms with van der Waals surface area (Å²) in [6.45, 7) is 8.53. The molecule has 0 spiro atoms. The molecule has 14 heavy (non-hydrogen) atoms. The summed E-state index contributed by atoms with van der Waals surface area (Å²) in [4.78, 5) is 0. The molecule has 0 heterocycles. The summed E-state index contributed by atoms with van der Waals surface area (Å²) >= 11 is 0. The van der Waals surface area contributed by atoms with Crippen molar-refractivity contribution in [3.63, 3.8) is 0 Å². The van der Waals surface area contributed by atoms with Crippen LogP contribution in [-0.4, -0.2) is 34.7 Å². The molecule has 74 valence electrons. The van der Waals surface area contributed by atoms with Crippen molar-refractivity contribution in [3.8, 4) is 5.75 Å². The van der Waals surface area contributed by atoms with Gasteiger partial charge in [0.15, 0.2) is 0 Å². The standard InChI is InChI=1S/C12H18O.Na.H/c1-8(2)10-6-5-7-11(13)12(10)9(3)4;;/h5-9,13H,1-4H3;;. The zero-order valence-corrected chi connectivity index (χ0v) is 8.83. The molecule has 0 aliphatic rings. The van der Waals surface area contributed by atoms with E-state index < -0.39 is 0 Å². The number of hydrogen-bond donors (Lipinski definition) is 1. The number of phenolic OH excluding ortho intramolecular Hbond substituents is 1. The number of phenols is 1. The first-order valence-electron chi connectivity index (χ1n) is 4.85. The van der Waals surface area contributed by atoms with E-state index in [0.29, 0.717) is 17.6 Å². The Morgan fingerprint density at radius 2 is 1.57 bits per heavy atom. The summed E-state index contributed by atoms with van der Waals surface area (Å²) in [5.41, 5.74) is 2.35.